The van der Waals surface area contributed by atoms with Gasteiger partial charge in [-0.2, -0.15) is 0 Å². The number of likely N-dealkylation sites (N-methyl/N-ethyl adjacent to an activating group) is 1. The first-order valence-corrected chi connectivity index (χ1v) is 5.71. The third-order valence-corrected chi connectivity index (χ3v) is 2.59. The Bertz CT molecular complexity index is 335. The largest absolute Gasteiger partial charge is 0.493 e. The Labute approximate surface area is 103 Å². The summed E-state index contributed by atoms with van der Waals surface area (Å²) in [4.78, 5) is 0. The second-order valence-electron chi connectivity index (χ2n) is 3.65. The summed E-state index contributed by atoms with van der Waals surface area (Å²) < 4.78 is 15.9. The van der Waals surface area contributed by atoms with Crippen LogP contribution in [0.4, 0.5) is 0 Å². The van der Waals surface area contributed by atoms with E-state index in [1.54, 1.807) is 21.3 Å². The Hall–Kier alpha value is -1.26. The summed E-state index contributed by atoms with van der Waals surface area (Å²) >= 11 is 0. The van der Waals surface area contributed by atoms with Gasteiger partial charge in [-0.3, -0.25) is 0 Å². The second kappa shape index (κ2) is 7.14. The molecule has 4 heteroatoms. The molecule has 0 spiro atoms. The zero-order valence-corrected chi connectivity index (χ0v) is 10.9. The highest BCUT2D eigenvalue weighted by atomic mass is 16.5. The minimum absolute atomic E-state index is 0.107. The molecule has 1 N–H and O–H groups in total. The van der Waals surface area contributed by atoms with Gasteiger partial charge in [0.2, 0.25) is 0 Å². The number of methoxy groups -OCH3 is 3. The van der Waals surface area contributed by atoms with Crippen molar-refractivity contribution in [2.45, 2.75) is 13.0 Å². The zero-order chi connectivity index (χ0) is 12.7. The van der Waals surface area contributed by atoms with Crippen molar-refractivity contribution < 1.29 is 14.2 Å². The number of para-hydroxylation sites is 1. The number of hydrogen-bond acceptors (Lipinski definition) is 4. The molecule has 4 nitrogen and oxygen atoms in total. The first-order chi connectivity index (χ1) is 8.28. The monoisotopic (exact) mass is 239 g/mol. The summed E-state index contributed by atoms with van der Waals surface area (Å²) in [6.07, 6.45) is 0. The smallest absolute Gasteiger partial charge is 0.165 e. The highest BCUT2D eigenvalue weighted by molar-refractivity contribution is 5.48. The Kier molecular flexibility index (Phi) is 5.80. The Morgan fingerprint density at radius 1 is 1.18 bits per heavy atom. The first-order valence-electron chi connectivity index (χ1n) is 5.71. The third-order valence-electron chi connectivity index (χ3n) is 2.59. The van der Waals surface area contributed by atoms with Crippen molar-refractivity contribution in [3.63, 3.8) is 0 Å². The van der Waals surface area contributed by atoms with Gasteiger partial charge in [-0.1, -0.05) is 19.1 Å². The lowest BCUT2D eigenvalue weighted by molar-refractivity contribution is 0.166. The van der Waals surface area contributed by atoms with E-state index in [0.717, 1.165) is 23.6 Å². The molecule has 0 aliphatic rings. The summed E-state index contributed by atoms with van der Waals surface area (Å²) in [5.74, 6) is 1.50. The number of nitrogens with one attached hydrogen (secondary N) is 1. The third kappa shape index (κ3) is 3.35. The molecule has 0 bridgehead atoms. The molecule has 0 heterocycles. The van der Waals surface area contributed by atoms with E-state index < -0.39 is 0 Å². The van der Waals surface area contributed by atoms with E-state index in [0.29, 0.717) is 6.61 Å². The van der Waals surface area contributed by atoms with E-state index in [1.807, 2.05) is 18.2 Å². The zero-order valence-electron chi connectivity index (χ0n) is 10.9. The van der Waals surface area contributed by atoms with Gasteiger partial charge < -0.3 is 19.5 Å². The van der Waals surface area contributed by atoms with E-state index in [-0.39, 0.29) is 6.04 Å². The summed E-state index contributed by atoms with van der Waals surface area (Å²) in [6, 6.07) is 5.97. The molecule has 1 unspecified atom stereocenters. The lowest BCUT2D eigenvalue weighted by atomic mass is 10.1. The van der Waals surface area contributed by atoms with Gasteiger partial charge in [0.15, 0.2) is 11.5 Å². The second-order valence-corrected chi connectivity index (χ2v) is 3.65. The Morgan fingerprint density at radius 3 is 2.47 bits per heavy atom. The molecule has 1 rings (SSSR count). The maximum Gasteiger partial charge on any atom is 0.165 e. The number of ether oxygens (including phenoxy) is 3. The summed E-state index contributed by atoms with van der Waals surface area (Å²) in [7, 11) is 4.98. The molecule has 0 aromatic heterocycles. The van der Waals surface area contributed by atoms with Gasteiger partial charge in [0.05, 0.1) is 26.9 Å². The minimum atomic E-state index is 0.107. The fourth-order valence-electron chi connectivity index (χ4n) is 1.86. The van der Waals surface area contributed by atoms with Crippen LogP contribution in [0.5, 0.6) is 11.5 Å². The van der Waals surface area contributed by atoms with Gasteiger partial charge >= 0.3 is 0 Å². The molecule has 17 heavy (non-hydrogen) atoms. The predicted molar refractivity (Wildman–Crippen MR) is 67.8 cm³/mol. The summed E-state index contributed by atoms with van der Waals surface area (Å²) in [5, 5.41) is 3.37. The number of rotatable bonds is 7. The molecule has 1 aromatic carbocycles. The van der Waals surface area contributed by atoms with Crippen LogP contribution in [0.25, 0.3) is 0 Å². The fourth-order valence-corrected chi connectivity index (χ4v) is 1.86. The standard InChI is InChI=1S/C13H21NO3/c1-5-14-11(9-15-2)10-7-6-8-12(16-3)13(10)17-4/h6-8,11,14H,5,9H2,1-4H3. The average molecular weight is 239 g/mol. The SMILES string of the molecule is CCNC(COC)c1cccc(OC)c1OC. The average Bonchev–Trinajstić information content (AvgIpc) is 2.37. The van der Waals surface area contributed by atoms with Gasteiger partial charge in [0.1, 0.15) is 0 Å². The molecule has 0 saturated carbocycles. The van der Waals surface area contributed by atoms with E-state index in [1.165, 1.54) is 0 Å². The number of hydrogen-bond donors (Lipinski definition) is 1. The van der Waals surface area contributed by atoms with Gasteiger partial charge in [-0.05, 0) is 12.6 Å². The van der Waals surface area contributed by atoms with Crippen molar-refractivity contribution in [1.29, 1.82) is 0 Å². The molecule has 0 amide bonds. The molecule has 0 radical (unpaired) electrons. The van der Waals surface area contributed by atoms with Gasteiger partial charge in [-0.25, -0.2) is 0 Å². The van der Waals surface area contributed by atoms with Crippen LogP contribution in [0.15, 0.2) is 18.2 Å². The van der Waals surface area contributed by atoms with Crippen molar-refractivity contribution in [2.75, 3.05) is 34.5 Å². The minimum Gasteiger partial charge on any atom is -0.493 e. The molecule has 1 atom stereocenters. The van der Waals surface area contributed by atoms with Crippen molar-refractivity contribution in [3.05, 3.63) is 23.8 Å². The molecule has 96 valence electrons. The lowest BCUT2D eigenvalue weighted by Crippen LogP contribution is -2.25. The van der Waals surface area contributed by atoms with Crippen molar-refractivity contribution in [1.82, 2.24) is 5.32 Å². The first kappa shape index (κ1) is 13.8. The van der Waals surface area contributed by atoms with Crippen LogP contribution in [0.3, 0.4) is 0 Å². The van der Waals surface area contributed by atoms with Crippen LogP contribution in [-0.2, 0) is 4.74 Å². The quantitative estimate of drug-likeness (QED) is 0.790. The van der Waals surface area contributed by atoms with Crippen LogP contribution in [0, 0.1) is 0 Å². The molecular formula is C13H21NO3. The van der Waals surface area contributed by atoms with Crippen molar-refractivity contribution in [3.8, 4) is 11.5 Å². The molecule has 0 aliphatic carbocycles. The molecule has 1 aromatic rings. The summed E-state index contributed by atoms with van der Waals surface area (Å²) in [6.45, 7) is 3.53. The maximum atomic E-state index is 5.42. The highest BCUT2D eigenvalue weighted by Crippen LogP contribution is 2.34. The Morgan fingerprint density at radius 2 is 1.94 bits per heavy atom. The van der Waals surface area contributed by atoms with E-state index >= 15 is 0 Å². The topological polar surface area (TPSA) is 39.7 Å². The molecule has 0 fully saturated rings. The van der Waals surface area contributed by atoms with Crippen LogP contribution < -0.4 is 14.8 Å². The normalized spacial score (nSPS) is 12.2. The van der Waals surface area contributed by atoms with Crippen molar-refractivity contribution in [2.24, 2.45) is 0 Å². The molecule has 0 saturated heterocycles. The lowest BCUT2D eigenvalue weighted by Gasteiger charge is -2.21. The fraction of sp³-hybridized carbons (Fsp3) is 0.538. The van der Waals surface area contributed by atoms with Gasteiger partial charge in [0.25, 0.3) is 0 Å². The molecular weight excluding hydrogens is 218 g/mol. The van der Waals surface area contributed by atoms with Crippen molar-refractivity contribution >= 4 is 0 Å². The van der Waals surface area contributed by atoms with Crippen LogP contribution in [0.1, 0.15) is 18.5 Å². The van der Waals surface area contributed by atoms with Crippen LogP contribution in [0.2, 0.25) is 0 Å². The van der Waals surface area contributed by atoms with Gasteiger partial charge in [-0.15, -0.1) is 0 Å². The van der Waals surface area contributed by atoms with E-state index in [2.05, 4.69) is 12.2 Å². The molecule has 0 aliphatic heterocycles. The van der Waals surface area contributed by atoms with E-state index in [4.69, 9.17) is 14.2 Å². The summed E-state index contributed by atoms with van der Waals surface area (Å²) in [5.41, 5.74) is 1.05. The highest BCUT2D eigenvalue weighted by Gasteiger charge is 2.17. The predicted octanol–water partition coefficient (Wildman–Crippen LogP) is 2.00. The van der Waals surface area contributed by atoms with Crippen LogP contribution >= 0.6 is 0 Å². The van der Waals surface area contributed by atoms with E-state index in [9.17, 15) is 0 Å². The van der Waals surface area contributed by atoms with Gasteiger partial charge in [0, 0.05) is 12.7 Å². The maximum absolute atomic E-state index is 5.42. The number of benzene rings is 1. The van der Waals surface area contributed by atoms with Crippen LogP contribution in [-0.4, -0.2) is 34.5 Å². The Balaban J connectivity index is 3.07.